The molecule has 2 saturated heterocycles. The third-order valence-electron chi connectivity index (χ3n) is 4.64. The van der Waals surface area contributed by atoms with E-state index in [0.29, 0.717) is 31.4 Å². The summed E-state index contributed by atoms with van der Waals surface area (Å²) in [5, 5.41) is 3.07. The van der Waals surface area contributed by atoms with Crippen LogP contribution in [0.4, 0.5) is 10.1 Å². The standard InChI is InChI=1S/C17H23FN2O2/c18-15-3-1-2-4-16(15)20-8-5-13(12-20)11-19-17(21)14-6-9-22-10-7-14/h1-4,13-14H,5-12H2,(H,19,21)/t13-/m1/s1. The Bertz CT molecular complexity index is 517. The Morgan fingerprint density at radius 3 is 2.82 bits per heavy atom. The molecule has 5 heteroatoms. The van der Waals surface area contributed by atoms with E-state index in [1.807, 2.05) is 12.1 Å². The second-order valence-corrected chi connectivity index (χ2v) is 6.18. The largest absolute Gasteiger partial charge is 0.381 e. The van der Waals surface area contributed by atoms with E-state index in [9.17, 15) is 9.18 Å². The number of hydrogen-bond acceptors (Lipinski definition) is 3. The summed E-state index contributed by atoms with van der Waals surface area (Å²) in [5.74, 6) is 0.461. The van der Waals surface area contributed by atoms with Gasteiger partial charge < -0.3 is 15.0 Å². The van der Waals surface area contributed by atoms with Gasteiger partial charge in [-0.05, 0) is 37.3 Å². The average molecular weight is 306 g/mol. The lowest BCUT2D eigenvalue weighted by atomic mass is 9.99. The highest BCUT2D eigenvalue weighted by Gasteiger charge is 2.26. The first-order valence-corrected chi connectivity index (χ1v) is 8.09. The molecule has 2 heterocycles. The summed E-state index contributed by atoms with van der Waals surface area (Å²) < 4.78 is 19.1. The Hall–Kier alpha value is -1.62. The highest BCUT2D eigenvalue weighted by atomic mass is 19.1. The molecule has 0 bridgehead atoms. The van der Waals surface area contributed by atoms with Gasteiger partial charge in [0.15, 0.2) is 0 Å². The highest BCUT2D eigenvalue weighted by molar-refractivity contribution is 5.78. The van der Waals surface area contributed by atoms with Gasteiger partial charge in [0.2, 0.25) is 5.91 Å². The SMILES string of the molecule is O=C(NC[C@H]1CCN(c2ccccc2F)C1)C1CCOCC1. The van der Waals surface area contributed by atoms with Crippen molar-refractivity contribution in [3.63, 3.8) is 0 Å². The lowest BCUT2D eigenvalue weighted by Gasteiger charge is -2.22. The summed E-state index contributed by atoms with van der Waals surface area (Å²) in [7, 11) is 0. The fourth-order valence-electron chi connectivity index (χ4n) is 3.28. The maximum absolute atomic E-state index is 13.8. The van der Waals surface area contributed by atoms with Crippen molar-refractivity contribution in [2.45, 2.75) is 19.3 Å². The number of hydrogen-bond donors (Lipinski definition) is 1. The van der Waals surface area contributed by atoms with Gasteiger partial charge in [-0.2, -0.15) is 0 Å². The Morgan fingerprint density at radius 1 is 1.27 bits per heavy atom. The zero-order valence-corrected chi connectivity index (χ0v) is 12.8. The number of halogens is 1. The lowest BCUT2D eigenvalue weighted by molar-refractivity contribution is -0.128. The molecule has 2 fully saturated rings. The predicted octanol–water partition coefficient (Wildman–Crippen LogP) is 2.19. The number of ether oxygens (including phenoxy) is 1. The van der Waals surface area contributed by atoms with Crippen LogP contribution in [0.1, 0.15) is 19.3 Å². The fraction of sp³-hybridized carbons (Fsp3) is 0.588. The number of para-hydroxylation sites is 1. The summed E-state index contributed by atoms with van der Waals surface area (Å²) in [5.41, 5.74) is 0.667. The molecule has 0 spiro atoms. The van der Waals surface area contributed by atoms with Gasteiger partial charge in [0.25, 0.3) is 0 Å². The van der Waals surface area contributed by atoms with Crippen molar-refractivity contribution >= 4 is 11.6 Å². The van der Waals surface area contributed by atoms with E-state index in [4.69, 9.17) is 4.74 Å². The van der Waals surface area contributed by atoms with Gasteiger partial charge in [-0.25, -0.2) is 4.39 Å². The molecule has 1 atom stereocenters. The topological polar surface area (TPSA) is 41.6 Å². The smallest absolute Gasteiger partial charge is 0.223 e. The Kier molecular flexibility index (Phi) is 4.93. The highest BCUT2D eigenvalue weighted by Crippen LogP contribution is 2.26. The number of carbonyl (C=O) groups excluding carboxylic acids is 1. The van der Waals surface area contributed by atoms with Crippen LogP contribution in [0.2, 0.25) is 0 Å². The third-order valence-corrected chi connectivity index (χ3v) is 4.64. The fourth-order valence-corrected chi connectivity index (χ4v) is 3.28. The number of amides is 1. The Labute approximate surface area is 130 Å². The second-order valence-electron chi connectivity index (χ2n) is 6.18. The van der Waals surface area contributed by atoms with E-state index in [2.05, 4.69) is 10.2 Å². The monoisotopic (exact) mass is 306 g/mol. The van der Waals surface area contributed by atoms with Gasteiger partial charge in [-0.3, -0.25) is 4.79 Å². The van der Waals surface area contributed by atoms with Crippen LogP contribution in [0.5, 0.6) is 0 Å². The molecule has 1 amide bonds. The minimum absolute atomic E-state index is 0.0952. The minimum atomic E-state index is -0.172. The maximum atomic E-state index is 13.8. The average Bonchev–Trinajstić information content (AvgIpc) is 3.02. The number of benzene rings is 1. The van der Waals surface area contributed by atoms with Crippen LogP contribution in [0.25, 0.3) is 0 Å². The molecule has 0 saturated carbocycles. The quantitative estimate of drug-likeness (QED) is 0.927. The Balaban J connectivity index is 1.47. The molecule has 2 aliphatic rings. The molecule has 22 heavy (non-hydrogen) atoms. The van der Waals surface area contributed by atoms with Crippen LogP contribution < -0.4 is 10.2 Å². The van der Waals surface area contributed by atoms with Gasteiger partial charge in [0.05, 0.1) is 5.69 Å². The van der Waals surface area contributed by atoms with Crippen molar-refractivity contribution in [1.82, 2.24) is 5.32 Å². The van der Waals surface area contributed by atoms with Crippen LogP contribution >= 0.6 is 0 Å². The lowest BCUT2D eigenvalue weighted by Crippen LogP contribution is -2.37. The van der Waals surface area contributed by atoms with Crippen LogP contribution in [0, 0.1) is 17.7 Å². The van der Waals surface area contributed by atoms with Crippen LogP contribution in [0.15, 0.2) is 24.3 Å². The van der Waals surface area contributed by atoms with Crippen molar-refractivity contribution in [1.29, 1.82) is 0 Å². The van der Waals surface area contributed by atoms with E-state index >= 15 is 0 Å². The zero-order valence-electron chi connectivity index (χ0n) is 12.8. The molecule has 1 aromatic carbocycles. The van der Waals surface area contributed by atoms with Crippen LogP contribution in [0.3, 0.4) is 0 Å². The van der Waals surface area contributed by atoms with E-state index in [1.165, 1.54) is 6.07 Å². The number of carbonyl (C=O) groups is 1. The molecule has 2 aliphatic heterocycles. The molecule has 0 aromatic heterocycles. The van der Waals surface area contributed by atoms with Crippen molar-refractivity contribution < 1.29 is 13.9 Å². The first-order valence-electron chi connectivity index (χ1n) is 8.09. The van der Waals surface area contributed by atoms with Gasteiger partial charge in [0.1, 0.15) is 5.82 Å². The Morgan fingerprint density at radius 2 is 2.05 bits per heavy atom. The van der Waals surface area contributed by atoms with Gasteiger partial charge in [-0.1, -0.05) is 12.1 Å². The third kappa shape index (κ3) is 3.58. The summed E-state index contributed by atoms with van der Waals surface area (Å²) in [6.45, 7) is 3.69. The molecule has 3 rings (SSSR count). The molecule has 0 aliphatic carbocycles. The molecule has 120 valence electrons. The normalized spacial score (nSPS) is 22.8. The predicted molar refractivity (Wildman–Crippen MR) is 83.3 cm³/mol. The summed E-state index contributed by atoms with van der Waals surface area (Å²) in [6.07, 6.45) is 2.62. The molecule has 1 N–H and O–H groups in total. The van der Waals surface area contributed by atoms with Crippen molar-refractivity contribution in [2.75, 3.05) is 37.7 Å². The van der Waals surface area contributed by atoms with Crippen molar-refractivity contribution in [3.05, 3.63) is 30.1 Å². The van der Waals surface area contributed by atoms with Gasteiger partial charge >= 0.3 is 0 Å². The molecule has 0 radical (unpaired) electrons. The second kappa shape index (κ2) is 7.09. The summed E-state index contributed by atoms with van der Waals surface area (Å²) in [4.78, 5) is 14.2. The van der Waals surface area contributed by atoms with E-state index in [1.54, 1.807) is 6.07 Å². The number of nitrogens with one attached hydrogen (secondary N) is 1. The van der Waals surface area contributed by atoms with Crippen LogP contribution in [-0.4, -0.2) is 38.8 Å². The molecular formula is C17H23FN2O2. The molecular weight excluding hydrogens is 283 g/mol. The molecule has 4 nitrogen and oxygen atoms in total. The summed E-state index contributed by atoms with van der Waals surface area (Å²) >= 11 is 0. The first kappa shape index (κ1) is 15.3. The summed E-state index contributed by atoms with van der Waals surface area (Å²) in [6, 6.07) is 6.88. The van der Waals surface area contributed by atoms with E-state index in [-0.39, 0.29) is 17.6 Å². The van der Waals surface area contributed by atoms with Crippen molar-refractivity contribution in [2.24, 2.45) is 11.8 Å². The minimum Gasteiger partial charge on any atom is -0.381 e. The number of rotatable bonds is 4. The maximum Gasteiger partial charge on any atom is 0.223 e. The van der Waals surface area contributed by atoms with Gasteiger partial charge in [0, 0.05) is 38.8 Å². The van der Waals surface area contributed by atoms with E-state index < -0.39 is 0 Å². The van der Waals surface area contributed by atoms with Crippen LogP contribution in [-0.2, 0) is 9.53 Å². The number of nitrogens with zero attached hydrogens (tertiary/aromatic N) is 1. The number of anilines is 1. The van der Waals surface area contributed by atoms with Gasteiger partial charge in [-0.15, -0.1) is 0 Å². The van der Waals surface area contributed by atoms with Crippen molar-refractivity contribution in [3.8, 4) is 0 Å². The molecule has 0 unspecified atom stereocenters. The molecule has 1 aromatic rings. The zero-order chi connectivity index (χ0) is 15.4. The first-order chi connectivity index (χ1) is 10.7. The van der Waals surface area contributed by atoms with E-state index in [0.717, 1.165) is 32.4 Å².